The number of nitrogens with zero attached hydrogens (tertiary/aromatic N) is 2. The van der Waals surface area contributed by atoms with Crippen molar-refractivity contribution in [2.75, 3.05) is 5.32 Å². The van der Waals surface area contributed by atoms with Gasteiger partial charge in [-0.2, -0.15) is 0 Å². The Morgan fingerprint density at radius 3 is 2.60 bits per heavy atom. The van der Waals surface area contributed by atoms with E-state index in [2.05, 4.69) is 29.5 Å². The molecule has 2 amide bonds. The number of aryl methyl sites for hydroxylation is 1. The number of benzene rings is 1. The number of ether oxygens (including phenoxy) is 1. The number of nitrogens with one attached hydrogen (secondary N) is 2. The summed E-state index contributed by atoms with van der Waals surface area (Å²) in [6.45, 7) is 8.09. The van der Waals surface area contributed by atoms with Crippen molar-refractivity contribution < 1.29 is 14.3 Å². The Labute approximate surface area is 178 Å². The average Bonchev–Trinajstić information content (AvgIpc) is 3.14. The molecular formula is C23H32N4O3. The van der Waals surface area contributed by atoms with E-state index in [1.54, 1.807) is 13.1 Å². The summed E-state index contributed by atoms with van der Waals surface area (Å²) in [5.41, 5.74) is 1.80. The first-order valence-corrected chi connectivity index (χ1v) is 10.7. The van der Waals surface area contributed by atoms with Gasteiger partial charge in [0.2, 0.25) is 11.8 Å². The van der Waals surface area contributed by atoms with Crippen LogP contribution < -0.4 is 10.6 Å². The van der Waals surface area contributed by atoms with E-state index in [9.17, 15) is 9.59 Å². The van der Waals surface area contributed by atoms with E-state index in [0.29, 0.717) is 5.92 Å². The maximum absolute atomic E-state index is 12.4. The van der Waals surface area contributed by atoms with Crippen LogP contribution in [0, 0.1) is 5.92 Å². The summed E-state index contributed by atoms with van der Waals surface area (Å²) in [5, 5.41) is 5.99. The molecule has 0 bridgehead atoms. The maximum atomic E-state index is 12.4. The van der Waals surface area contributed by atoms with Gasteiger partial charge < -0.3 is 19.9 Å². The van der Waals surface area contributed by atoms with Gasteiger partial charge in [-0.3, -0.25) is 9.59 Å². The van der Waals surface area contributed by atoms with E-state index in [1.165, 1.54) is 0 Å². The van der Waals surface area contributed by atoms with Crippen molar-refractivity contribution in [2.24, 2.45) is 5.92 Å². The summed E-state index contributed by atoms with van der Waals surface area (Å²) < 4.78 is 8.17. The summed E-state index contributed by atoms with van der Waals surface area (Å²) in [5.74, 6) is 1.17. The molecule has 1 aliphatic rings. The van der Waals surface area contributed by atoms with Crippen molar-refractivity contribution in [3.63, 3.8) is 0 Å². The lowest BCUT2D eigenvalue weighted by Crippen LogP contribution is -2.43. The highest BCUT2D eigenvalue weighted by Gasteiger charge is 2.32. The first-order chi connectivity index (χ1) is 14.4. The van der Waals surface area contributed by atoms with Gasteiger partial charge in [-0.1, -0.05) is 32.9 Å². The van der Waals surface area contributed by atoms with Gasteiger partial charge in [0.1, 0.15) is 12.4 Å². The van der Waals surface area contributed by atoms with Crippen LogP contribution in [0.5, 0.6) is 0 Å². The van der Waals surface area contributed by atoms with Crippen molar-refractivity contribution in [1.29, 1.82) is 0 Å². The summed E-state index contributed by atoms with van der Waals surface area (Å²) in [6, 6.07) is 7.89. The van der Waals surface area contributed by atoms with E-state index < -0.39 is 0 Å². The fourth-order valence-corrected chi connectivity index (χ4v) is 3.94. The van der Waals surface area contributed by atoms with Crippen molar-refractivity contribution in [2.45, 2.75) is 71.8 Å². The summed E-state index contributed by atoms with van der Waals surface area (Å²) >= 11 is 0. The van der Waals surface area contributed by atoms with Crippen molar-refractivity contribution in [3.05, 3.63) is 48.0 Å². The average molecular weight is 413 g/mol. The Bertz CT molecular complexity index is 860. The molecule has 0 spiro atoms. The molecule has 3 rings (SSSR count). The molecule has 1 fully saturated rings. The SMILES string of the molecule is CCc1nccn1CC(=O)Nc1ccc([C@@H]2C[C@H](NC(C)=O)C[C@H](C(C)C)O2)cc1. The summed E-state index contributed by atoms with van der Waals surface area (Å²) in [7, 11) is 0. The number of carbonyl (C=O) groups excluding carboxylic acids is 2. The van der Waals surface area contributed by atoms with Crippen LogP contribution in [0.3, 0.4) is 0 Å². The largest absolute Gasteiger partial charge is 0.370 e. The first-order valence-electron chi connectivity index (χ1n) is 10.7. The van der Waals surface area contributed by atoms with Gasteiger partial charge in [0.15, 0.2) is 0 Å². The number of rotatable bonds is 7. The van der Waals surface area contributed by atoms with Crippen LogP contribution in [-0.4, -0.2) is 33.5 Å². The number of carbonyl (C=O) groups is 2. The van der Waals surface area contributed by atoms with Crippen molar-refractivity contribution in [1.82, 2.24) is 14.9 Å². The highest BCUT2D eigenvalue weighted by Crippen LogP contribution is 2.34. The molecule has 2 heterocycles. The zero-order valence-corrected chi connectivity index (χ0v) is 18.2. The minimum Gasteiger partial charge on any atom is -0.370 e. The van der Waals surface area contributed by atoms with Crippen LogP contribution in [-0.2, 0) is 27.3 Å². The molecule has 1 aromatic carbocycles. The lowest BCUT2D eigenvalue weighted by atomic mass is 9.90. The number of imidazole rings is 1. The predicted molar refractivity (Wildman–Crippen MR) is 116 cm³/mol. The van der Waals surface area contributed by atoms with Crippen LogP contribution >= 0.6 is 0 Å². The molecule has 0 unspecified atom stereocenters. The molecule has 0 aliphatic carbocycles. The topological polar surface area (TPSA) is 85.3 Å². The molecule has 1 aliphatic heterocycles. The standard InChI is InChI=1S/C23H32N4O3/c1-5-22-24-10-11-27(22)14-23(29)26-18-8-6-17(7-9-18)21-13-19(25-16(4)28)12-20(30-21)15(2)3/h6-11,15,19-21H,5,12-14H2,1-4H3,(H,25,28)(H,26,29)/t19-,20-,21+/m1/s1. The Morgan fingerprint density at radius 1 is 1.23 bits per heavy atom. The van der Waals surface area contributed by atoms with Crippen LogP contribution in [0.25, 0.3) is 0 Å². The molecule has 30 heavy (non-hydrogen) atoms. The maximum Gasteiger partial charge on any atom is 0.244 e. The molecule has 0 saturated carbocycles. The Kier molecular flexibility index (Phi) is 7.26. The Hall–Kier alpha value is -2.67. The molecule has 0 radical (unpaired) electrons. The second-order valence-electron chi connectivity index (χ2n) is 8.27. The molecule has 7 nitrogen and oxygen atoms in total. The van der Waals surface area contributed by atoms with Gasteiger partial charge >= 0.3 is 0 Å². The quantitative estimate of drug-likeness (QED) is 0.729. The monoisotopic (exact) mass is 412 g/mol. The predicted octanol–water partition coefficient (Wildman–Crippen LogP) is 3.47. The molecule has 2 N–H and O–H groups in total. The minimum atomic E-state index is -0.0880. The van der Waals surface area contributed by atoms with Crippen LogP contribution in [0.15, 0.2) is 36.7 Å². The van der Waals surface area contributed by atoms with Crippen molar-refractivity contribution in [3.8, 4) is 0 Å². The third-order valence-corrected chi connectivity index (χ3v) is 5.50. The summed E-state index contributed by atoms with van der Waals surface area (Å²) in [4.78, 5) is 28.2. The van der Waals surface area contributed by atoms with Crippen LogP contribution in [0.2, 0.25) is 0 Å². The second-order valence-corrected chi connectivity index (χ2v) is 8.27. The van der Waals surface area contributed by atoms with Gasteiger partial charge in [0.05, 0.1) is 12.2 Å². The molecule has 3 atom stereocenters. The highest BCUT2D eigenvalue weighted by atomic mass is 16.5. The van der Waals surface area contributed by atoms with Crippen LogP contribution in [0.4, 0.5) is 5.69 Å². The zero-order valence-electron chi connectivity index (χ0n) is 18.2. The van der Waals surface area contributed by atoms with Gasteiger partial charge in [-0.25, -0.2) is 4.98 Å². The van der Waals surface area contributed by atoms with Gasteiger partial charge in [0, 0.05) is 37.5 Å². The minimum absolute atomic E-state index is 0.00895. The fourth-order valence-electron chi connectivity index (χ4n) is 3.94. The fraction of sp³-hybridized carbons (Fsp3) is 0.522. The van der Waals surface area contributed by atoms with Crippen LogP contribution in [0.1, 0.15) is 58.0 Å². The van der Waals surface area contributed by atoms with E-state index in [1.807, 2.05) is 42.0 Å². The third kappa shape index (κ3) is 5.69. The number of hydrogen-bond acceptors (Lipinski definition) is 4. The molecule has 1 aromatic heterocycles. The van der Waals surface area contributed by atoms with Gasteiger partial charge in [0.25, 0.3) is 0 Å². The summed E-state index contributed by atoms with van der Waals surface area (Å²) in [6.07, 6.45) is 5.91. The van der Waals surface area contributed by atoms with E-state index >= 15 is 0 Å². The Balaban J connectivity index is 1.63. The number of hydrogen-bond donors (Lipinski definition) is 2. The normalized spacial score (nSPS) is 21.4. The third-order valence-electron chi connectivity index (χ3n) is 5.50. The molecule has 162 valence electrons. The van der Waals surface area contributed by atoms with Gasteiger partial charge in [-0.05, 0) is 36.5 Å². The molecule has 7 heteroatoms. The number of anilines is 1. The highest BCUT2D eigenvalue weighted by molar-refractivity contribution is 5.90. The van der Waals surface area contributed by atoms with Crippen molar-refractivity contribution >= 4 is 17.5 Å². The van der Waals surface area contributed by atoms with E-state index in [4.69, 9.17) is 4.74 Å². The first kappa shape index (κ1) is 22.0. The van der Waals surface area contributed by atoms with E-state index in [0.717, 1.165) is 36.3 Å². The zero-order chi connectivity index (χ0) is 21.7. The molecular weight excluding hydrogens is 380 g/mol. The molecule has 1 saturated heterocycles. The van der Waals surface area contributed by atoms with E-state index in [-0.39, 0.29) is 36.6 Å². The van der Waals surface area contributed by atoms with Gasteiger partial charge in [-0.15, -0.1) is 0 Å². The second kappa shape index (κ2) is 9.89. The lowest BCUT2D eigenvalue weighted by Gasteiger charge is -2.37. The molecule has 2 aromatic rings. The lowest BCUT2D eigenvalue weighted by molar-refractivity contribution is -0.123. The number of amides is 2. The Morgan fingerprint density at radius 2 is 1.97 bits per heavy atom. The number of aromatic nitrogens is 2. The smallest absolute Gasteiger partial charge is 0.244 e.